The van der Waals surface area contributed by atoms with Crippen molar-refractivity contribution in [2.45, 2.75) is 40.8 Å². The van der Waals surface area contributed by atoms with Crippen LogP contribution in [-0.2, 0) is 17.9 Å². The van der Waals surface area contributed by atoms with Crippen molar-refractivity contribution in [3.05, 3.63) is 88.5 Å². The van der Waals surface area contributed by atoms with Crippen molar-refractivity contribution in [1.29, 1.82) is 0 Å². The van der Waals surface area contributed by atoms with E-state index in [9.17, 15) is 4.79 Å². The Morgan fingerprint density at radius 2 is 1.97 bits per heavy atom. The number of carbonyl (C=O) groups excluding carboxylic acids is 1. The molecule has 0 spiro atoms. The van der Waals surface area contributed by atoms with Crippen molar-refractivity contribution in [1.82, 2.24) is 14.3 Å². The average molecular weight is 420 g/mol. The van der Waals surface area contributed by atoms with E-state index in [2.05, 4.69) is 16.8 Å². The number of hydrogen-bond acceptors (Lipinski definition) is 4. The maximum Gasteiger partial charge on any atom is 0.204 e. The van der Waals surface area contributed by atoms with Gasteiger partial charge in [-0.05, 0) is 51.5 Å². The molecule has 7 heteroatoms. The fraction of sp³-hybridized carbons (Fsp3) is 0.292. The van der Waals surface area contributed by atoms with Crippen LogP contribution in [0.15, 0.2) is 54.2 Å². The summed E-state index contributed by atoms with van der Waals surface area (Å²) in [5, 5.41) is 8.44. The summed E-state index contributed by atoms with van der Waals surface area (Å²) in [6.07, 6.45) is 1.80. The summed E-state index contributed by atoms with van der Waals surface area (Å²) in [5.74, 6) is 0.0818. The van der Waals surface area contributed by atoms with Gasteiger partial charge in [0.05, 0.1) is 12.2 Å². The molecular formula is C24H29N5O2. The second-order valence-corrected chi connectivity index (χ2v) is 7.64. The van der Waals surface area contributed by atoms with E-state index in [-0.39, 0.29) is 18.2 Å². The zero-order valence-corrected chi connectivity index (χ0v) is 18.6. The molecule has 0 fully saturated rings. The van der Waals surface area contributed by atoms with Gasteiger partial charge in [-0.15, -0.1) is 6.58 Å². The first kappa shape index (κ1) is 22.1. The Morgan fingerprint density at radius 3 is 2.65 bits per heavy atom. The lowest BCUT2D eigenvalue weighted by Gasteiger charge is -2.08. The first-order valence-corrected chi connectivity index (χ1v) is 10.2. The van der Waals surface area contributed by atoms with E-state index in [1.54, 1.807) is 6.08 Å². The zero-order chi connectivity index (χ0) is 22.5. The summed E-state index contributed by atoms with van der Waals surface area (Å²) in [7, 11) is 0. The molecule has 0 saturated carbocycles. The van der Waals surface area contributed by atoms with E-state index in [0.717, 1.165) is 33.9 Å². The highest BCUT2D eigenvalue weighted by Crippen LogP contribution is 2.16. The fourth-order valence-corrected chi connectivity index (χ4v) is 3.62. The number of rotatable bonds is 9. The molecule has 2 aromatic heterocycles. The Labute approximate surface area is 182 Å². The highest BCUT2D eigenvalue weighted by molar-refractivity contribution is 5.99. The highest BCUT2D eigenvalue weighted by Gasteiger charge is 2.15. The third-order valence-electron chi connectivity index (χ3n) is 5.20. The molecule has 0 radical (unpaired) electrons. The predicted octanol–water partition coefficient (Wildman–Crippen LogP) is 3.67. The van der Waals surface area contributed by atoms with Crippen LogP contribution >= 0.6 is 0 Å². The molecule has 31 heavy (non-hydrogen) atoms. The van der Waals surface area contributed by atoms with Gasteiger partial charge in [0, 0.05) is 34.8 Å². The Hall–Kier alpha value is -3.61. The van der Waals surface area contributed by atoms with Crippen LogP contribution < -0.4 is 5.73 Å². The number of ketones is 1. The maximum atomic E-state index is 12.6. The maximum absolute atomic E-state index is 12.6. The van der Waals surface area contributed by atoms with Crippen LogP contribution in [0.1, 0.15) is 44.3 Å². The number of Topliss-reactive ketones (excluding diaryl/α,β-unsaturated/α-hetero) is 1. The largest absolute Gasteiger partial charge is 0.386 e. The predicted molar refractivity (Wildman–Crippen MR) is 122 cm³/mol. The standard InChI is InChI=1S/C24H29N5O2/c1-6-10-28-17(3)12-22(19(28)5)23(30)15-31-27-24(25)21-9-7-8-20(13-21)14-29-18(4)11-16(2)26-29/h6-9,11-13H,1,10,14-15H2,2-5H3,(H2,25,27). The molecule has 162 valence electrons. The number of benzene rings is 1. The van der Waals surface area contributed by atoms with Gasteiger partial charge in [0.2, 0.25) is 5.78 Å². The van der Waals surface area contributed by atoms with E-state index in [0.29, 0.717) is 18.7 Å². The number of aryl methyl sites for hydroxylation is 3. The summed E-state index contributed by atoms with van der Waals surface area (Å²) in [6, 6.07) is 11.6. The first-order chi connectivity index (χ1) is 14.8. The fourth-order valence-electron chi connectivity index (χ4n) is 3.62. The van der Waals surface area contributed by atoms with Crippen molar-refractivity contribution in [2.24, 2.45) is 10.9 Å². The first-order valence-electron chi connectivity index (χ1n) is 10.2. The third-order valence-corrected chi connectivity index (χ3v) is 5.20. The number of aromatic nitrogens is 3. The molecule has 1 aromatic carbocycles. The average Bonchev–Trinajstić information content (AvgIpc) is 3.20. The van der Waals surface area contributed by atoms with E-state index in [4.69, 9.17) is 10.6 Å². The minimum absolute atomic E-state index is 0.141. The smallest absolute Gasteiger partial charge is 0.204 e. The Kier molecular flexibility index (Phi) is 6.74. The highest BCUT2D eigenvalue weighted by atomic mass is 16.6. The van der Waals surface area contributed by atoms with Gasteiger partial charge in [-0.25, -0.2) is 0 Å². The van der Waals surface area contributed by atoms with Gasteiger partial charge in [0.25, 0.3) is 0 Å². The Balaban J connectivity index is 1.66. The summed E-state index contributed by atoms with van der Waals surface area (Å²) in [4.78, 5) is 17.8. The minimum Gasteiger partial charge on any atom is -0.386 e. The van der Waals surface area contributed by atoms with Gasteiger partial charge in [-0.3, -0.25) is 9.48 Å². The van der Waals surface area contributed by atoms with Crippen LogP contribution in [0.25, 0.3) is 0 Å². The normalized spacial score (nSPS) is 11.5. The van der Waals surface area contributed by atoms with E-state index < -0.39 is 0 Å². The molecule has 0 bridgehead atoms. The zero-order valence-electron chi connectivity index (χ0n) is 18.6. The molecule has 0 amide bonds. The van der Waals surface area contributed by atoms with Gasteiger partial charge >= 0.3 is 0 Å². The van der Waals surface area contributed by atoms with Gasteiger partial charge in [-0.1, -0.05) is 29.4 Å². The molecule has 0 saturated heterocycles. The molecule has 0 aliphatic heterocycles. The topological polar surface area (TPSA) is 87.4 Å². The lowest BCUT2D eigenvalue weighted by atomic mass is 10.1. The summed E-state index contributed by atoms with van der Waals surface area (Å²) in [5.41, 5.74) is 12.5. The number of amidine groups is 1. The Bertz CT molecular complexity index is 1140. The molecule has 7 nitrogen and oxygen atoms in total. The second-order valence-electron chi connectivity index (χ2n) is 7.64. The lowest BCUT2D eigenvalue weighted by Crippen LogP contribution is -2.16. The molecule has 0 unspecified atom stereocenters. The van der Waals surface area contributed by atoms with Crippen LogP contribution in [0.5, 0.6) is 0 Å². The number of nitrogens with two attached hydrogens (primary N) is 1. The van der Waals surface area contributed by atoms with Crippen molar-refractivity contribution < 1.29 is 9.63 Å². The molecule has 3 rings (SSSR count). The molecule has 0 aliphatic carbocycles. The van der Waals surface area contributed by atoms with Gasteiger partial charge in [0.1, 0.15) is 0 Å². The van der Waals surface area contributed by atoms with E-state index in [1.807, 2.05) is 73.3 Å². The summed E-state index contributed by atoms with van der Waals surface area (Å²) < 4.78 is 3.98. The van der Waals surface area contributed by atoms with E-state index in [1.165, 1.54) is 0 Å². The van der Waals surface area contributed by atoms with Crippen LogP contribution in [0.3, 0.4) is 0 Å². The molecule has 2 heterocycles. The van der Waals surface area contributed by atoms with Gasteiger partial charge < -0.3 is 15.1 Å². The molecule has 0 aliphatic rings. The lowest BCUT2D eigenvalue weighted by molar-refractivity contribution is 0.0775. The monoisotopic (exact) mass is 419 g/mol. The quantitative estimate of drug-likeness (QED) is 0.188. The third kappa shape index (κ3) is 5.12. The SMILES string of the molecule is C=CCn1c(C)cc(C(=O)CO/N=C(\N)c2cccc(Cn3nc(C)cc3C)c2)c1C. The van der Waals surface area contributed by atoms with Crippen molar-refractivity contribution >= 4 is 11.6 Å². The summed E-state index contributed by atoms with van der Waals surface area (Å²) >= 11 is 0. The van der Waals surface area contributed by atoms with Gasteiger partial charge in [0.15, 0.2) is 12.4 Å². The van der Waals surface area contributed by atoms with Gasteiger partial charge in [-0.2, -0.15) is 5.10 Å². The Morgan fingerprint density at radius 1 is 1.19 bits per heavy atom. The molecule has 2 N–H and O–H groups in total. The van der Waals surface area contributed by atoms with Crippen LogP contribution in [0.2, 0.25) is 0 Å². The second kappa shape index (κ2) is 9.47. The van der Waals surface area contributed by atoms with Crippen molar-refractivity contribution in [3.8, 4) is 0 Å². The molecule has 3 aromatic rings. The summed E-state index contributed by atoms with van der Waals surface area (Å²) in [6.45, 7) is 12.8. The molecular weight excluding hydrogens is 390 g/mol. The van der Waals surface area contributed by atoms with Crippen LogP contribution in [0, 0.1) is 27.7 Å². The number of carbonyl (C=O) groups is 1. The van der Waals surface area contributed by atoms with Crippen LogP contribution in [0.4, 0.5) is 0 Å². The minimum atomic E-state index is -0.176. The number of allylic oxidation sites excluding steroid dienone is 1. The number of oxime groups is 1. The van der Waals surface area contributed by atoms with Crippen LogP contribution in [-0.4, -0.2) is 32.6 Å². The number of nitrogens with zero attached hydrogens (tertiary/aromatic N) is 4. The van der Waals surface area contributed by atoms with Crippen molar-refractivity contribution in [2.75, 3.05) is 6.61 Å². The van der Waals surface area contributed by atoms with Crippen molar-refractivity contribution in [3.63, 3.8) is 0 Å². The van der Waals surface area contributed by atoms with E-state index >= 15 is 0 Å². The number of hydrogen-bond donors (Lipinski definition) is 1. The molecule has 0 atom stereocenters.